The van der Waals surface area contributed by atoms with Crippen LogP contribution in [0.1, 0.15) is 22.0 Å². The fraction of sp³-hybridized carbons (Fsp3) is 0.0909. The molecule has 0 spiro atoms. The van der Waals surface area contributed by atoms with E-state index in [9.17, 15) is 9.90 Å². The zero-order valence-corrected chi connectivity index (χ0v) is 15.6. The molecule has 1 atom stereocenters. The topological polar surface area (TPSA) is 75.4 Å². The van der Waals surface area contributed by atoms with Crippen molar-refractivity contribution in [2.24, 2.45) is 0 Å². The Morgan fingerprint density at radius 2 is 1.89 bits per heavy atom. The van der Waals surface area contributed by atoms with Gasteiger partial charge < -0.3 is 14.8 Å². The Labute approximate surface area is 166 Å². The second-order valence-corrected chi connectivity index (χ2v) is 6.76. The van der Waals surface area contributed by atoms with Crippen LogP contribution < -0.4 is 5.32 Å². The van der Waals surface area contributed by atoms with Gasteiger partial charge in [0.15, 0.2) is 5.76 Å². The number of para-hydroxylation sites is 1. The van der Waals surface area contributed by atoms with E-state index < -0.39 is 6.10 Å². The molecule has 0 aliphatic rings. The maximum Gasteiger partial charge on any atom is 0.252 e. The minimum atomic E-state index is -0.834. The molecule has 0 saturated carbocycles. The van der Waals surface area contributed by atoms with Crippen molar-refractivity contribution in [3.05, 3.63) is 89.1 Å². The van der Waals surface area contributed by atoms with Crippen LogP contribution >= 0.6 is 11.6 Å². The van der Waals surface area contributed by atoms with Gasteiger partial charge in [-0.2, -0.15) is 0 Å². The fourth-order valence-corrected chi connectivity index (χ4v) is 3.13. The molecule has 2 aromatic carbocycles. The lowest BCUT2D eigenvalue weighted by Gasteiger charge is -2.14. The molecule has 5 nitrogen and oxygen atoms in total. The van der Waals surface area contributed by atoms with E-state index in [4.69, 9.17) is 16.0 Å². The molecule has 0 aliphatic carbocycles. The highest BCUT2D eigenvalue weighted by atomic mass is 35.5. The smallest absolute Gasteiger partial charge is 0.252 e. The quantitative estimate of drug-likeness (QED) is 0.520. The highest BCUT2D eigenvalue weighted by Gasteiger charge is 2.16. The minimum Gasteiger partial charge on any atom is -0.463 e. The summed E-state index contributed by atoms with van der Waals surface area (Å²) in [5.41, 5.74) is 2.42. The summed E-state index contributed by atoms with van der Waals surface area (Å²) in [6, 6.07) is 19.6. The number of rotatable bonds is 5. The largest absolute Gasteiger partial charge is 0.463 e. The van der Waals surface area contributed by atoms with E-state index in [2.05, 4.69) is 10.3 Å². The first-order valence-electron chi connectivity index (χ1n) is 8.77. The van der Waals surface area contributed by atoms with Crippen molar-refractivity contribution >= 4 is 28.4 Å². The Kier molecular flexibility index (Phi) is 5.10. The van der Waals surface area contributed by atoms with E-state index in [0.29, 0.717) is 33.1 Å². The van der Waals surface area contributed by atoms with Gasteiger partial charge in [0, 0.05) is 17.0 Å². The second-order valence-electron chi connectivity index (χ2n) is 6.33. The second kappa shape index (κ2) is 7.84. The number of hydrogen-bond acceptors (Lipinski definition) is 4. The van der Waals surface area contributed by atoms with Gasteiger partial charge in [-0.05, 0) is 42.0 Å². The first kappa shape index (κ1) is 18.2. The van der Waals surface area contributed by atoms with Gasteiger partial charge in [-0.3, -0.25) is 4.79 Å². The number of nitrogens with zero attached hydrogens (tertiary/aromatic N) is 1. The van der Waals surface area contributed by atoms with Crippen molar-refractivity contribution in [3.63, 3.8) is 0 Å². The molecule has 0 fully saturated rings. The summed E-state index contributed by atoms with van der Waals surface area (Å²) >= 11 is 5.87. The molecule has 1 amide bonds. The molecule has 0 radical (unpaired) electrons. The van der Waals surface area contributed by atoms with E-state index in [-0.39, 0.29) is 12.5 Å². The highest BCUT2D eigenvalue weighted by Crippen LogP contribution is 2.25. The summed E-state index contributed by atoms with van der Waals surface area (Å²) in [5, 5.41) is 14.5. The summed E-state index contributed by atoms with van der Waals surface area (Å²) in [5.74, 6) is 0.292. The van der Waals surface area contributed by atoms with E-state index in [1.54, 1.807) is 48.7 Å². The summed E-state index contributed by atoms with van der Waals surface area (Å²) in [7, 11) is 0. The van der Waals surface area contributed by atoms with Crippen molar-refractivity contribution in [2.75, 3.05) is 6.54 Å². The molecule has 140 valence electrons. The van der Waals surface area contributed by atoms with Gasteiger partial charge in [0.1, 0.15) is 5.69 Å². The van der Waals surface area contributed by atoms with Crippen LogP contribution in [0.5, 0.6) is 0 Å². The molecule has 28 heavy (non-hydrogen) atoms. The van der Waals surface area contributed by atoms with Crippen LogP contribution in [0.4, 0.5) is 0 Å². The zero-order valence-electron chi connectivity index (χ0n) is 14.8. The molecule has 1 unspecified atom stereocenters. The summed E-state index contributed by atoms with van der Waals surface area (Å²) in [6.07, 6.45) is 0.730. The average Bonchev–Trinajstić information content (AvgIpc) is 3.26. The number of aromatic nitrogens is 1. The number of benzene rings is 2. The zero-order chi connectivity index (χ0) is 19.5. The molecular formula is C22H17ClN2O3. The minimum absolute atomic E-state index is 0.0766. The van der Waals surface area contributed by atoms with Crippen LogP contribution in [0.15, 0.2) is 77.4 Å². The maximum absolute atomic E-state index is 12.9. The monoisotopic (exact) mass is 392 g/mol. The molecule has 2 heterocycles. The molecule has 0 bridgehead atoms. The third kappa shape index (κ3) is 3.76. The van der Waals surface area contributed by atoms with Gasteiger partial charge >= 0.3 is 0 Å². The average molecular weight is 393 g/mol. The number of halogens is 1. The predicted octanol–water partition coefficient (Wildman–Crippen LogP) is 4.61. The molecule has 6 heteroatoms. The Morgan fingerprint density at radius 3 is 2.64 bits per heavy atom. The first-order chi connectivity index (χ1) is 13.6. The Balaban J connectivity index is 1.60. The summed E-state index contributed by atoms with van der Waals surface area (Å²) in [4.78, 5) is 17.4. The highest BCUT2D eigenvalue weighted by molar-refractivity contribution is 6.30. The lowest BCUT2D eigenvalue weighted by molar-refractivity contribution is 0.0918. The van der Waals surface area contributed by atoms with Crippen LogP contribution in [0.25, 0.3) is 22.4 Å². The van der Waals surface area contributed by atoms with Crippen molar-refractivity contribution in [1.82, 2.24) is 10.3 Å². The molecule has 0 saturated heterocycles. The number of carbonyl (C=O) groups is 1. The number of nitrogens with one attached hydrogen (secondary N) is 1. The van der Waals surface area contributed by atoms with Gasteiger partial charge in [0.05, 0.1) is 23.4 Å². The van der Waals surface area contributed by atoms with Crippen molar-refractivity contribution in [3.8, 4) is 11.5 Å². The molecule has 4 aromatic rings. The number of furan rings is 1. The van der Waals surface area contributed by atoms with Crippen LogP contribution in [0.2, 0.25) is 5.02 Å². The SMILES string of the molecule is O=C(NCC(O)c1ccc(Cl)cc1)c1cc(-c2ccco2)nc2ccccc12. The van der Waals surface area contributed by atoms with Crippen LogP contribution in [-0.4, -0.2) is 22.5 Å². The van der Waals surface area contributed by atoms with Crippen LogP contribution in [0.3, 0.4) is 0 Å². The van der Waals surface area contributed by atoms with Gasteiger partial charge in [0.25, 0.3) is 5.91 Å². The lowest BCUT2D eigenvalue weighted by Crippen LogP contribution is -2.28. The lowest BCUT2D eigenvalue weighted by atomic mass is 10.1. The van der Waals surface area contributed by atoms with Gasteiger partial charge in [0.2, 0.25) is 0 Å². The van der Waals surface area contributed by atoms with E-state index in [1.165, 1.54) is 0 Å². The summed E-state index contributed by atoms with van der Waals surface area (Å²) < 4.78 is 5.42. The van der Waals surface area contributed by atoms with Crippen LogP contribution in [-0.2, 0) is 0 Å². The number of amides is 1. The van der Waals surface area contributed by atoms with Crippen molar-refractivity contribution in [1.29, 1.82) is 0 Å². The first-order valence-corrected chi connectivity index (χ1v) is 9.15. The predicted molar refractivity (Wildman–Crippen MR) is 108 cm³/mol. The number of fused-ring (bicyclic) bond motifs is 1. The maximum atomic E-state index is 12.9. The van der Waals surface area contributed by atoms with Crippen molar-refractivity contribution in [2.45, 2.75) is 6.10 Å². The Morgan fingerprint density at radius 1 is 1.11 bits per heavy atom. The standard InChI is InChI=1S/C22H17ClN2O3/c23-15-9-7-14(8-10-15)20(26)13-24-22(27)17-12-19(21-6-3-11-28-21)25-18-5-2-1-4-16(17)18/h1-12,20,26H,13H2,(H,24,27). The van der Waals surface area contributed by atoms with Crippen LogP contribution in [0, 0.1) is 0 Å². The molecule has 0 aliphatic heterocycles. The number of carbonyl (C=O) groups excluding carboxylic acids is 1. The van der Waals surface area contributed by atoms with Gasteiger partial charge in [-0.1, -0.05) is 41.9 Å². The molecule has 2 aromatic heterocycles. The van der Waals surface area contributed by atoms with Gasteiger partial charge in [-0.15, -0.1) is 0 Å². The third-order valence-electron chi connectivity index (χ3n) is 4.45. The Hall–Kier alpha value is -3.15. The molecule has 4 rings (SSSR count). The van der Waals surface area contributed by atoms with E-state index in [0.717, 1.165) is 5.39 Å². The fourth-order valence-electron chi connectivity index (χ4n) is 3.00. The van der Waals surface area contributed by atoms with E-state index >= 15 is 0 Å². The van der Waals surface area contributed by atoms with E-state index in [1.807, 2.05) is 24.3 Å². The number of hydrogen-bond donors (Lipinski definition) is 2. The number of pyridine rings is 1. The normalized spacial score (nSPS) is 12.1. The molecule has 2 N–H and O–H groups in total. The Bertz CT molecular complexity index is 1110. The number of aliphatic hydroxyl groups is 1. The van der Waals surface area contributed by atoms with Gasteiger partial charge in [-0.25, -0.2) is 4.98 Å². The number of aliphatic hydroxyl groups excluding tert-OH is 1. The third-order valence-corrected chi connectivity index (χ3v) is 4.70. The van der Waals surface area contributed by atoms with Crippen molar-refractivity contribution < 1.29 is 14.3 Å². The molecular weight excluding hydrogens is 376 g/mol. The summed E-state index contributed by atoms with van der Waals surface area (Å²) in [6.45, 7) is 0.0766.